The highest BCUT2D eigenvalue weighted by Crippen LogP contribution is 2.30. The van der Waals surface area contributed by atoms with E-state index in [9.17, 15) is 30.0 Å². The van der Waals surface area contributed by atoms with Crippen molar-refractivity contribution in [3.05, 3.63) is 0 Å². The van der Waals surface area contributed by atoms with Crippen molar-refractivity contribution in [3.63, 3.8) is 0 Å². The molecule has 1 amide bonds. The molecule has 21 heavy (non-hydrogen) atoms. The second-order valence-electron chi connectivity index (χ2n) is 4.91. The summed E-state index contributed by atoms with van der Waals surface area (Å²) in [6.07, 6.45) is -7.48. The molecule has 10 heteroatoms. The van der Waals surface area contributed by atoms with E-state index in [1.54, 1.807) is 0 Å². The van der Waals surface area contributed by atoms with Gasteiger partial charge in [0.15, 0.2) is 0 Å². The Balaban J connectivity index is 3.07. The molecule has 0 aromatic carbocycles. The third kappa shape index (κ3) is 3.87. The minimum Gasteiger partial charge on any atom is -0.477 e. The minimum atomic E-state index is -2.78. The van der Waals surface area contributed by atoms with Crippen LogP contribution in [0.3, 0.4) is 0 Å². The van der Waals surface area contributed by atoms with Gasteiger partial charge in [-0.25, -0.2) is 4.79 Å². The maximum absolute atomic E-state index is 11.1. The molecule has 0 saturated carbocycles. The maximum Gasteiger partial charge on any atom is 0.364 e. The van der Waals surface area contributed by atoms with Crippen molar-refractivity contribution in [1.82, 2.24) is 5.32 Å². The molecule has 1 aliphatic heterocycles. The molecule has 122 valence electrons. The predicted octanol–water partition coefficient (Wildman–Crippen LogP) is -3.87. The molecule has 6 atom stereocenters. The van der Waals surface area contributed by atoms with Crippen molar-refractivity contribution < 1.29 is 45.0 Å². The van der Waals surface area contributed by atoms with Gasteiger partial charge in [0.25, 0.3) is 5.79 Å². The third-order valence-corrected chi connectivity index (χ3v) is 3.21. The highest BCUT2D eigenvalue weighted by molar-refractivity contribution is 5.76. The molecular formula is C11H19NO9. The zero-order valence-electron chi connectivity index (χ0n) is 11.2. The molecule has 1 unspecified atom stereocenters. The number of carbonyl (C=O) groups excluding carboxylic acids is 1. The van der Waals surface area contributed by atoms with Gasteiger partial charge in [-0.3, -0.25) is 4.79 Å². The zero-order valence-corrected chi connectivity index (χ0v) is 11.2. The van der Waals surface area contributed by atoms with Crippen molar-refractivity contribution in [2.75, 3.05) is 6.61 Å². The first-order valence-electron chi connectivity index (χ1n) is 6.18. The number of nitrogens with one attached hydrogen (secondary N) is 1. The largest absolute Gasteiger partial charge is 0.477 e. The van der Waals surface area contributed by atoms with E-state index in [0.717, 1.165) is 6.92 Å². The van der Waals surface area contributed by atoms with E-state index in [1.807, 2.05) is 0 Å². The van der Waals surface area contributed by atoms with Crippen molar-refractivity contribution in [1.29, 1.82) is 0 Å². The van der Waals surface area contributed by atoms with Crippen LogP contribution in [-0.4, -0.2) is 85.4 Å². The van der Waals surface area contributed by atoms with Crippen LogP contribution in [0.1, 0.15) is 13.3 Å². The van der Waals surface area contributed by atoms with Crippen LogP contribution in [-0.2, 0) is 14.3 Å². The van der Waals surface area contributed by atoms with Gasteiger partial charge in [0.1, 0.15) is 18.3 Å². The number of carboxylic acid groups (broad SMARTS) is 1. The fourth-order valence-corrected chi connectivity index (χ4v) is 2.14. The number of rotatable bonds is 5. The fourth-order valence-electron chi connectivity index (χ4n) is 2.14. The Morgan fingerprint density at radius 1 is 1.52 bits per heavy atom. The minimum absolute atomic E-state index is 0.598. The molecule has 0 bridgehead atoms. The Hall–Kier alpha value is -1.30. The summed E-state index contributed by atoms with van der Waals surface area (Å²) in [6, 6.07) is -1.27. The first-order chi connectivity index (χ1) is 9.62. The van der Waals surface area contributed by atoms with Crippen LogP contribution < -0.4 is 5.32 Å². The van der Waals surface area contributed by atoms with Crippen LogP contribution in [0, 0.1) is 0 Å². The summed E-state index contributed by atoms with van der Waals surface area (Å²) in [5, 5.41) is 59.0. The summed E-state index contributed by atoms with van der Waals surface area (Å²) >= 11 is 0. The number of amides is 1. The highest BCUT2D eigenvalue weighted by Gasteiger charge is 2.53. The summed E-state index contributed by atoms with van der Waals surface area (Å²) in [5.74, 6) is -5.17. The van der Waals surface area contributed by atoms with Crippen LogP contribution in [0.5, 0.6) is 0 Å². The number of ether oxygens (including phenoxy) is 1. The molecule has 10 nitrogen and oxygen atoms in total. The number of carboxylic acids is 1. The quantitative estimate of drug-likeness (QED) is 0.267. The first kappa shape index (κ1) is 17.8. The van der Waals surface area contributed by atoms with Crippen LogP contribution in [0.2, 0.25) is 0 Å². The zero-order chi connectivity index (χ0) is 16.4. The SMILES string of the molecule is C[14C](=O)N[C@H]1[C@H]([C@H](O)[C@H](O)CO)OC(O)(C(=O)O)C[C@@H]1O. The van der Waals surface area contributed by atoms with E-state index in [0.29, 0.717) is 0 Å². The summed E-state index contributed by atoms with van der Waals surface area (Å²) in [7, 11) is 0. The Bertz CT molecular complexity index is 403. The smallest absolute Gasteiger partial charge is 0.364 e. The van der Waals surface area contributed by atoms with Gasteiger partial charge < -0.3 is 40.7 Å². The van der Waals surface area contributed by atoms with E-state index in [1.165, 1.54) is 0 Å². The molecule has 1 fully saturated rings. The number of aliphatic carboxylic acids is 1. The number of carbonyl (C=O) groups is 2. The topological polar surface area (TPSA) is 177 Å². The normalized spacial score (nSPS) is 35.8. The molecule has 1 rings (SSSR count). The van der Waals surface area contributed by atoms with Crippen molar-refractivity contribution >= 4 is 11.9 Å². The van der Waals surface area contributed by atoms with Gasteiger partial charge in [-0.1, -0.05) is 0 Å². The Labute approximate surface area is 119 Å². The van der Waals surface area contributed by atoms with E-state index >= 15 is 0 Å². The standard InChI is InChI=1S/C11H19NO9/c1-4(14)12-7-5(15)2-11(20,10(18)19)21-9(7)8(17)6(16)3-13/h5-9,13,15-17,20H,2-3H2,1H3,(H,12,14)(H,18,19)/t5-,6+,7+,8+,9+,11?/m0/s1/i4+2. The van der Waals surface area contributed by atoms with Crippen molar-refractivity contribution in [2.24, 2.45) is 0 Å². The summed E-state index contributed by atoms with van der Waals surface area (Å²) in [5.41, 5.74) is 0. The Morgan fingerprint density at radius 2 is 2.10 bits per heavy atom. The number of aliphatic hydroxyl groups excluding tert-OH is 4. The Kier molecular flexibility index (Phi) is 5.61. The summed E-state index contributed by atoms with van der Waals surface area (Å²) in [4.78, 5) is 22.1. The second-order valence-corrected chi connectivity index (χ2v) is 4.91. The van der Waals surface area contributed by atoms with Gasteiger partial charge in [0, 0.05) is 13.3 Å². The molecule has 0 spiro atoms. The Morgan fingerprint density at radius 3 is 2.52 bits per heavy atom. The first-order valence-corrected chi connectivity index (χ1v) is 6.18. The van der Waals surface area contributed by atoms with Crippen molar-refractivity contribution in [2.45, 2.75) is 49.6 Å². The van der Waals surface area contributed by atoms with E-state index in [2.05, 4.69) is 5.32 Å². The van der Waals surface area contributed by atoms with Crippen molar-refractivity contribution in [3.8, 4) is 0 Å². The van der Waals surface area contributed by atoms with Gasteiger partial charge in [-0.15, -0.1) is 0 Å². The maximum atomic E-state index is 11.1. The molecule has 1 heterocycles. The van der Waals surface area contributed by atoms with Crippen LogP contribution >= 0.6 is 0 Å². The van der Waals surface area contributed by atoms with Gasteiger partial charge in [-0.2, -0.15) is 0 Å². The summed E-state index contributed by atoms with van der Waals surface area (Å²) < 4.78 is 4.86. The fraction of sp³-hybridized carbons (Fsp3) is 0.818. The molecule has 0 aromatic rings. The van der Waals surface area contributed by atoms with Gasteiger partial charge in [-0.05, 0) is 0 Å². The molecule has 1 saturated heterocycles. The number of hydrogen-bond donors (Lipinski definition) is 7. The second kappa shape index (κ2) is 6.64. The monoisotopic (exact) mass is 311 g/mol. The molecular weight excluding hydrogens is 292 g/mol. The van der Waals surface area contributed by atoms with Crippen LogP contribution in [0.15, 0.2) is 0 Å². The number of aliphatic hydroxyl groups is 5. The molecule has 0 aliphatic carbocycles. The van der Waals surface area contributed by atoms with E-state index in [-0.39, 0.29) is 0 Å². The van der Waals surface area contributed by atoms with E-state index < -0.39 is 61.1 Å². The molecule has 0 aromatic heterocycles. The van der Waals surface area contributed by atoms with E-state index in [4.69, 9.17) is 14.9 Å². The highest BCUT2D eigenvalue weighted by atomic mass is 16.7. The molecule has 0 radical (unpaired) electrons. The average Bonchev–Trinajstić information content (AvgIpc) is 2.39. The number of hydrogen-bond acceptors (Lipinski definition) is 8. The average molecular weight is 311 g/mol. The van der Waals surface area contributed by atoms with Gasteiger partial charge >= 0.3 is 5.97 Å². The lowest BCUT2D eigenvalue weighted by Crippen LogP contribution is -2.67. The van der Waals surface area contributed by atoms with Crippen LogP contribution in [0.4, 0.5) is 0 Å². The summed E-state index contributed by atoms with van der Waals surface area (Å²) in [6.45, 7) is 0.256. The lowest BCUT2D eigenvalue weighted by Gasteiger charge is -2.44. The molecule has 1 aliphatic rings. The van der Waals surface area contributed by atoms with Crippen LogP contribution in [0.25, 0.3) is 0 Å². The lowest BCUT2D eigenvalue weighted by molar-refractivity contribution is -0.295. The van der Waals surface area contributed by atoms with Gasteiger partial charge in [0.05, 0.1) is 18.8 Å². The van der Waals surface area contributed by atoms with Gasteiger partial charge in [0.2, 0.25) is 5.91 Å². The lowest BCUT2D eigenvalue weighted by atomic mass is 9.89. The third-order valence-electron chi connectivity index (χ3n) is 3.21. The molecule has 7 N–H and O–H groups in total. The predicted molar refractivity (Wildman–Crippen MR) is 64.8 cm³/mol.